The minimum Gasteiger partial charge on any atom is -0.496 e. The Bertz CT molecular complexity index is 340. The topological polar surface area (TPSA) is 78.8 Å². The first-order valence-corrected chi connectivity index (χ1v) is 4.43. The number of ether oxygens (including phenoxy) is 1. The van der Waals surface area contributed by atoms with Crippen LogP contribution in [-0.2, 0) is 4.79 Å². The summed E-state index contributed by atoms with van der Waals surface area (Å²) in [4.78, 5) is 10.8. The Balaban J connectivity index is 2.80. The fourth-order valence-electron chi connectivity index (χ4n) is 1.27. The van der Waals surface area contributed by atoms with Crippen molar-refractivity contribution in [3.63, 3.8) is 0 Å². The molecule has 5 nitrogen and oxygen atoms in total. The van der Waals surface area contributed by atoms with Gasteiger partial charge in [0, 0.05) is 5.56 Å². The zero-order valence-corrected chi connectivity index (χ0v) is 8.30. The zero-order valence-electron chi connectivity index (χ0n) is 8.30. The molecule has 0 fully saturated rings. The molecule has 0 spiro atoms. The van der Waals surface area contributed by atoms with Crippen LogP contribution in [0, 0.1) is 0 Å². The number of hydrogen-bond acceptors (Lipinski definition) is 4. The van der Waals surface area contributed by atoms with Crippen molar-refractivity contribution in [2.75, 3.05) is 7.11 Å². The van der Waals surface area contributed by atoms with Crippen molar-refractivity contribution in [1.82, 2.24) is 5.48 Å². The maximum atomic E-state index is 10.8. The van der Waals surface area contributed by atoms with Crippen molar-refractivity contribution < 1.29 is 19.8 Å². The molecule has 1 rings (SSSR count). The van der Waals surface area contributed by atoms with E-state index in [9.17, 15) is 9.90 Å². The van der Waals surface area contributed by atoms with E-state index in [0.717, 1.165) is 0 Å². The number of para-hydroxylation sites is 1. The predicted molar refractivity (Wildman–Crippen MR) is 52.5 cm³/mol. The van der Waals surface area contributed by atoms with Gasteiger partial charge in [-0.25, -0.2) is 5.48 Å². The zero-order chi connectivity index (χ0) is 11.3. The number of hydrogen-bond donors (Lipinski definition) is 3. The molecule has 15 heavy (non-hydrogen) atoms. The Morgan fingerprint density at radius 3 is 2.80 bits per heavy atom. The summed E-state index contributed by atoms with van der Waals surface area (Å²) >= 11 is 0. The van der Waals surface area contributed by atoms with Gasteiger partial charge in [0.2, 0.25) is 5.91 Å². The first-order valence-electron chi connectivity index (χ1n) is 4.43. The van der Waals surface area contributed by atoms with Crippen LogP contribution < -0.4 is 10.2 Å². The SMILES string of the molecule is COc1ccccc1C(O)CC(=O)NO. The third-order valence-electron chi connectivity index (χ3n) is 2.00. The van der Waals surface area contributed by atoms with Crippen LogP contribution in [0.5, 0.6) is 5.75 Å². The highest BCUT2D eigenvalue weighted by Gasteiger charge is 2.15. The molecule has 0 heterocycles. The van der Waals surface area contributed by atoms with Gasteiger partial charge in [0.25, 0.3) is 0 Å². The average Bonchev–Trinajstić information content (AvgIpc) is 2.28. The number of methoxy groups -OCH3 is 1. The molecule has 3 N–H and O–H groups in total. The van der Waals surface area contributed by atoms with Crippen molar-refractivity contribution in [2.45, 2.75) is 12.5 Å². The molecule has 1 unspecified atom stereocenters. The Morgan fingerprint density at radius 2 is 2.20 bits per heavy atom. The summed E-state index contributed by atoms with van der Waals surface area (Å²) in [6, 6.07) is 6.85. The van der Waals surface area contributed by atoms with Crippen molar-refractivity contribution in [2.24, 2.45) is 0 Å². The van der Waals surface area contributed by atoms with Crippen molar-refractivity contribution in [3.8, 4) is 5.75 Å². The number of benzene rings is 1. The Kier molecular flexibility index (Phi) is 4.08. The van der Waals surface area contributed by atoms with Crippen molar-refractivity contribution in [3.05, 3.63) is 29.8 Å². The van der Waals surface area contributed by atoms with Crippen LogP contribution in [-0.4, -0.2) is 23.3 Å². The van der Waals surface area contributed by atoms with E-state index in [1.165, 1.54) is 12.6 Å². The predicted octanol–water partition coefficient (Wildman–Crippen LogP) is 0.624. The third-order valence-corrected chi connectivity index (χ3v) is 2.00. The Labute approximate surface area is 87.3 Å². The number of amides is 1. The first-order chi connectivity index (χ1) is 7.19. The van der Waals surface area contributed by atoms with Gasteiger partial charge >= 0.3 is 0 Å². The van der Waals surface area contributed by atoms with Crippen LogP contribution in [0.3, 0.4) is 0 Å². The molecule has 1 atom stereocenters. The summed E-state index contributed by atoms with van der Waals surface area (Å²) < 4.78 is 5.03. The monoisotopic (exact) mass is 211 g/mol. The molecule has 0 saturated carbocycles. The fraction of sp³-hybridized carbons (Fsp3) is 0.300. The van der Waals surface area contributed by atoms with Crippen molar-refractivity contribution >= 4 is 5.91 Å². The minimum atomic E-state index is -0.992. The number of carbonyl (C=O) groups is 1. The highest BCUT2D eigenvalue weighted by atomic mass is 16.5. The molecular formula is C10H13NO4. The second kappa shape index (κ2) is 5.33. The lowest BCUT2D eigenvalue weighted by Gasteiger charge is -2.13. The molecule has 0 aliphatic rings. The summed E-state index contributed by atoms with van der Waals surface area (Å²) in [5.41, 5.74) is 1.98. The summed E-state index contributed by atoms with van der Waals surface area (Å²) in [6.45, 7) is 0. The molecule has 5 heteroatoms. The lowest BCUT2D eigenvalue weighted by molar-refractivity contribution is -0.131. The maximum Gasteiger partial charge on any atom is 0.246 e. The fourth-order valence-corrected chi connectivity index (χ4v) is 1.27. The van der Waals surface area contributed by atoms with Gasteiger partial charge in [0.1, 0.15) is 5.75 Å². The van der Waals surface area contributed by atoms with Gasteiger partial charge in [-0.2, -0.15) is 0 Å². The quantitative estimate of drug-likeness (QED) is 0.504. The second-order valence-electron chi connectivity index (χ2n) is 3.00. The molecule has 1 amide bonds. The molecule has 0 radical (unpaired) electrons. The molecule has 1 aromatic rings. The summed E-state index contributed by atoms with van der Waals surface area (Å²) in [7, 11) is 1.48. The van der Waals surface area contributed by atoms with E-state index < -0.39 is 12.0 Å². The van der Waals surface area contributed by atoms with Gasteiger partial charge in [0.15, 0.2) is 0 Å². The number of nitrogens with one attached hydrogen (secondary N) is 1. The van der Waals surface area contributed by atoms with Crippen LogP contribution in [0.15, 0.2) is 24.3 Å². The van der Waals surface area contributed by atoms with Crippen LogP contribution in [0.2, 0.25) is 0 Å². The summed E-state index contributed by atoms with van der Waals surface area (Å²) in [5, 5.41) is 18.0. The van der Waals surface area contributed by atoms with E-state index in [-0.39, 0.29) is 6.42 Å². The van der Waals surface area contributed by atoms with E-state index in [1.54, 1.807) is 24.3 Å². The molecular weight excluding hydrogens is 198 g/mol. The van der Waals surface area contributed by atoms with E-state index in [1.807, 2.05) is 0 Å². The van der Waals surface area contributed by atoms with Crippen LogP contribution in [0.1, 0.15) is 18.1 Å². The normalized spacial score (nSPS) is 11.9. The number of hydroxylamine groups is 1. The van der Waals surface area contributed by atoms with Gasteiger partial charge < -0.3 is 9.84 Å². The molecule has 1 aromatic carbocycles. The molecule has 0 saturated heterocycles. The largest absolute Gasteiger partial charge is 0.496 e. The van der Waals surface area contributed by atoms with Gasteiger partial charge in [-0.15, -0.1) is 0 Å². The standard InChI is InChI=1S/C10H13NO4/c1-15-9-5-3-2-4-7(9)8(12)6-10(13)11-14/h2-5,8,12,14H,6H2,1H3,(H,11,13). The number of aliphatic hydroxyl groups is 1. The minimum absolute atomic E-state index is 0.211. The lowest BCUT2D eigenvalue weighted by atomic mass is 10.1. The molecule has 0 bridgehead atoms. The molecule has 0 aliphatic heterocycles. The third kappa shape index (κ3) is 2.93. The maximum absolute atomic E-state index is 10.8. The number of carbonyl (C=O) groups excluding carboxylic acids is 1. The van der Waals surface area contributed by atoms with E-state index >= 15 is 0 Å². The van der Waals surface area contributed by atoms with E-state index in [4.69, 9.17) is 9.94 Å². The first kappa shape index (κ1) is 11.5. The smallest absolute Gasteiger partial charge is 0.246 e. The van der Waals surface area contributed by atoms with Gasteiger partial charge in [-0.1, -0.05) is 18.2 Å². The van der Waals surface area contributed by atoms with Gasteiger partial charge in [-0.3, -0.25) is 10.0 Å². The lowest BCUT2D eigenvalue weighted by Crippen LogP contribution is -2.21. The summed E-state index contributed by atoms with van der Waals surface area (Å²) in [6.07, 6.45) is -1.20. The van der Waals surface area contributed by atoms with Crippen LogP contribution in [0.25, 0.3) is 0 Å². The summed E-state index contributed by atoms with van der Waals surface area (Å²) in [5.74, 6) is -0.135. The van der Waals surface area contributed by atoms with E-state index in [2.05, 4.69) is 0 Å². The van der Waals surface area contributed by atoms with Gasteiger partial charge in [-0.05, 0) is 6.07 Å². The number of aliphatic hydroxyl groups excluding tert-OH is 1. The van der Waals surface area contributed by atoms with E-state index in [0.29, 0.717) is 11.3 Å². The molecule has 0 aromatic heterocycles. The highest BCUT2D eigenvalue weighted by molar-refractivity contribution is 5.75. The van der Waals surface area contributed by atoms with Crippen molar-refractivity contribution in [1.29, 1.82) is 0 Å². The average molecular weight is 211 g/mol. The van der Waals surface area contributed by atoms with Gasteiger partial charge in [0.05, 0.1) is 19.6 Å². The van der Waals surface area contributed by atoms with Crippen LogP contribution >= 0.6 is 0 Å². The Morgan fingerprint density at radius 1 is 1.53 bits per heavy atom. The second-order valence-corrected chi connectivity index (χ2v) is 3.00. The molecule has 82 valence electrons. The molecule has 0 aliphatic carbocycles. The van der Waals surface area contributed by atoms with Crippen LogP contribution in [0.4, 0.5) is 0 Å². The Hall–Kier alpha value is -1.59. The number of rotatable bonds is 4. The highest BCUT2D eigenvalue weighted by Crippen LogP contribution is 2.26.